The molecule has 0 aliphatic carbocycles. The lowest BCUT2D eigenvalue weighted by atomic mass is 9.90. The van der Waals surface area contributed by atoms with E-state index in [1.165, 1.54) is 18.2 Å². The summed E-state index contributed by atoms with van der Waals surface area (Å²) in [5, 5.41) is 17.9. The molecule has 0 unspecified atom stereocenters. The van der Waals surface area contributed by atoms with E-state index in [1.54, 1.807) is 0 Å². The number of phenolic OH excluding ortho intramolecular Hbond substituents is 1. The molecular formula is C24H26N4O2. The summed E-state index contributed by atoms with van der Waals surface area (Å²) in [4.78, 5) is 14.9. The lowest BCUT2D eigenvalue weighted by Gasteiger charge is -2.20. The topological polar surface area (TPSA) is 126 Å². The maximum absolute atomic E-state index is 10.2. The predicted molar refractivity (Wildman–Crippen MR) is 120 cm³/mol. The van der Waals surface area contributed by atoms with Crippen LogP contribution in [-0.2, 0) is 11.8 Å². The number of benzene rings is 2. The Morgan fingerprint density at radius 3 is 2.40 bits per heavy atom. The summed E-state index contributed by atoms with van der Waals surface area (Å²) < 4.78 is 0. The van der Waals surface area contributed by atoms with Crippen molar-refractivity contribution < 1.29 is 9.90 Å². The molecule has 1 heterocycles. The van der Waals surface area contributed by atoms with Gasteiger partial charge in [-0.3, -0.25) is 9.78 Å². The van der Waals surface area contributed by atoms with Gasteiger partial charge in [-0.15, -0.1) is 0 Å². The van der Waals surface area contributed by atoms with Crippen molar-refractivity contribution in [3.8, 4) is 23.1 Å². The van der Waals surface area contributed by atoms with Gasteiger partial charge in [-0.05, 0) is 35.9 Å². The van der Waals surface area contributed by atoms with Crippen LogP contribution in [0.3, 0.4) is 0 Å². The molecule has 0 aliphatic rings. The van der Waals surface area contributed by atoms with E-state index in [-0.39, 0.29) is 16.7 Å². The second kappa shape index (κ2) is 9.57. The highest BCUT2D eigenvalue weighted by molar-refractivity contribution is 5.80. The van der Waals surface area contributed by atoms with Crippen molar-refractivity contribution in [2.24, 2.45) is 0 Å². The van der Waals surface area contributed by atoms with Crippen molar-refractivity contribution in [1.29, 1.82) is 5.26 Å². The third-order valence-corrected chi connectivity index (χ3v) is 4.42. The van der Waals surface area contributed by atoms with Gasteiger partial charge in [0.15, 0.2) is 6.29 Å². The van der Waals surface area contributed by atoms with Gasteiger partial charge < -0.3 is 16.6 Å². The van der Waals surface area contributed by atoms with Crippen LogP contribution in [0.2, 0.25) is 0 Å². The van der Waals surface area contributed by atoms with Crippen LogP contribution in [0.5, 0.6) is 5.75 Å². The van der Waals surface area contributed by atoms with E-state index in [2.05, 4.69) is 26.8 Å². The van der Waals surface area contributed by atoms with Crippen LogP contribution >= 0.6 is 0 Å². The minimum atomic E-state index is -0.0378. The van der Waals surface area contributed by atoms with Crippen molar-refractivity contribution in [2.45, 2.75) is 32.6 Å². The van der Waals surface area contributed by atoms with Gasteiger partial charge in [0.25, 0.3) is 0 Å². The normalized spacial score (nSPS) is 10.5. The molecule has 6 heteroatoms. The Morgan fingerprint density at radius 2 is 1.80 bits per heavy atom. The van der Waals surface area contributed by atoms with Gasteiger partial charge in [0, 0.05) is 22.4 Å². The molecule has 0 saturated heterocycles. The fraction of sp³-hybridized carbons (Fsp3) is 0.208. The number of anilines is 2. The third-order valence-electron chi connectivity index (χ3n) is 4.42. The Balaban J connectivity index is 0.000000269. The molecule has 3 rings (SSSR count). The van der Waals surface area contributed by atoms with E-state index in [1.807, 2.05) is 36.4 Å². The molecule has 5 N–H and O–H groups in total. The molecule has 0 fully saturated rings. The summed E-state index contributed by atoms with van der Waals surface area (Å²) in [7, 11) is 0. The number of aromatic hydroxyl groups is 1. The van der Waals surface area contributed by atoms with Crippen molar-refractivity contribution in [1.82, 2.24) is 4.98 Å². The van der Waals surface area contributed by atoms with Crippen molar-refractivity contribution in [3.63, 3.8) is 0 Å². The Kier molecular flexibility index (Phi) is 7.16. The van der Waals surface area contributed by atoms with Crippen LogP contribution in [0, 0.1) is 11.3 Å². The molecule has 0 bridgehead atoms. The number of nitrogen functional groups attached to an aromatic ring is 2. The Bertz CT molecular complexity index is 1080. The molecule has 2 aromatic carbocycles. The Labute approximate surface area is 176 Å². The van der Waals surface area contributed by atoms with Crippen LogP contribution in [0.25, 0.3) is 11.3 Å². The van der Waals surface area contributed by atoms with Crippen LogP contribution in [0.1, 0.15) is 42.4 Å². The van der Waals surface area contributed by atoms with E-state index in [0.29, 0.717) is 24.1 Å². The number of nitrogens with two attached hydrogens (primary N) is 2. The standard InChI is InChI=1S/C17H19N3.C7H7NO2/c1-17(2,3)15-9-8-14(19)16(20-15)13-7-5-4-6-12(13)10-11-18;8-6-1-2-7(10)5(3-6)4-9/h4-9H,10,19H2,1-3H3;1-4,10H,8H2. The SMILES string of the molecule is CC(C)(C)c1ccc(N)c(-c2ccccc2CC#N)n1.Nc1ccc(O)c(C=O)c1. The number of carbonyl (C=O) groups excluding carboxylic acids is 1. The first-order valence-corrected chi connectivity index (χ1v) is 9.43. The predicted octanol–water partition coefficient (Wildman–Crippen LogP) is 4.48. The number of carbonyl (C=O) groups is 1. The average Bonchev–Trinajstić information content (AvgIpc) is 2.70. The number of phenols is 1. The molecule has 30 heavy (non-hydrogen) atoms. The van der Waals surface area contributed by atoms with Gasteiger partial charge in [0.2, 0.25) is 0 Å². The van der Waals surface area contributed by atoms with Crippen molar-refractivity contribution in [3.05, 3.63) is 71.4 Å². The zero-order valence-electron chi connectivity index (χ0n) is 17.4. The molecule has 6 nitrogen and oxygen atoms in total. The van der Waals surface area contributed by atoms with E-state index < -0.39 is 0 Å². The molecule has 0 atom stereocenters. The molecule has 1 aromatic heterocycles. The smallest absolute Gasteiger partial charge is 0.153 e. The molecular weight excluding hydrogens is 376 g/mol. The van der Waals surface area contributed by atoms with Gasteiger partial charge in [-0.25, -0.2) is 0 Å². The van der Waals surface area contributed by atoms with E-state index in [0.717, 1.165) is 22.5 Å². The average molecular weight is 402 g/mol. The highest BCUT2D eigenvalue weighted by Gasteiger charge is 2.18. The summed E-state index contributed by atoms with van der Waals surface area (Å²) in [6, 6.07) is 18.2. The zero-order valence-corrected chi connectivity index (χ0v) is 17.4. The van der Waals surface area contributed by atoms with Gasteiger partial charge in [0.1, 0.15) is 5.75 Å². The molecule has 154 valence electrons. The summed E-state index contributed by atoms with van der Waals surface area (Å²) >= 11 is 0. The molecule has 0 saturated carbocycles. The Morgan fingerprint density at radius 1 is 1.10 bits per heavy atom. The number of hydrogen-bond donors (Lipinski definition) is 3. The molecule has 3 aromatic rings. The minimum absolute atomic E-state index is 0.0351. The zero-order chi connectivity index (χ0) is 22.3. The second-order valence-corrected chi connectivity index (χ2v) is 7.81. The largest absolute Gasteiger partial charge is 0.507 e. The Hall–Kier alpha value is -3.85. The minimum Gasteiger partial charge on any atom is -0.507 e. The van der Waals surface area contributed by atoms with E-state index in [4.69, 9.17) is 26.8 Å². The number of rotatable bonds is 3. The number of pyridine rings is 1. The lowest BCUT2D eigenvalue weighted by molar-refractivity contribution is 0.112. The van der Waals surface area contributed by atoms with Crippen LogP contribution in [0.15, 0.2) is 54.6 Å². The summed E-state index contributed by atoms with van der Waals surface area (Å²) in [5.74, 6) is -0.0378. The first-order valence-electron chi connectivity index (χ1n) is 9.43. The van der Waals surface area contributed by atoms with E-state index >= 15 is 0 Å². The monoisotopic (exact) mass is 402 g/mol. The number of nitrogens with zero attached hydrogens (tertiary/aromatic N) is 2. The van der Waals surface area contributed by atoms with E-state index in [9.17, 15) is 4.79 Å². The first kappa shape index (κ1) is 22.4. The first-order chi connectivity index (χ1) is 14.2. The number of nitriles is 1. The van der Waals surface area contributed by atoms with Crippen LogP contribution < -0.4 is 11.5 Å². The summed E-state index contributed by atoms with van der Waals surface area (Å²) in [6.45, 7) is 6.36. The molecule has 0 radical (unpaired) electrons. The lowest BCUT2D eigenvalue weighted by Crippen LogP contribution is -2.14. The second-order valence-electron chi connectivity index (χ2n) is 7.81. The quantitative estimate of drug-likeness (QED) is 0.337. The summed E-state index contributed by atoms with van der Waals surface area (Å²) in [5.41, 5.74) is 16.4. The summed E-state index contributed by atoms with van der Waals surface area (Å²) in [6.07, 6.45) is 0.919. The van der Waals surface area contributed by atoms with Crippen molar-refractivity contribution >= 4 is 17.7 Å². The molecule has 0 amide bonds. The third kappa shape index (κ3) is 5.58. The van der Waals surface area contributed by atoms with Crippen LogP contribution in [-0.4, -0.2) is 16.4 Å². The van der Waals surface area contributed by atoms with Crippen LogP contribution in [0.4, 0.5) is 11.4 Å². The maximum Gasteiger partial charge on any atom is 0.153 e. The fourth-order valence-corrected chi connectivity index (χ4v) is 2.76. The van der Waals surface area contributed by atoms with Crippen molar-refractivity contribution in [2.75, 3.05) is 11.5 Å². The highest BCUT2D eigenvalue weighted by atomic mass is 16.3. The number of aldehydes is 1. The van der Waals surface area contributed by atoms with Gasteiger partial charge in [0.05, 0.1) is 29.4 Å². The number of aromatic nitrogens is 1. The van der Waals surface area contributed by atoms with Gasteiger partial charge >= 0.3 is 0 Å². The fourth-order valence-electron chi connectivity index (χ4n) is 2.76. The number of hydrogen-bond acceptors (Lipinski definition) is 6. The molecule has 0 aliphatic heterocycles. The van der Waals surface area contributed by atoms with Gasteiger partial charge in [-0.1, -0.05) is 45.0 Å². The highest BCUT2D eigenvalue weighted by Crippen LogP contribution is 2.30. The van der Waals surface area contributed by atoms with Gasteiger partial charge in [-0.2, -0.15) is 5.26 Å². The maximum atomic E-state index is 10.2. The molecule has 0 spiro atoms.